The van der Waals surface area contributed by atoms with Crippen molar-refractivity contribution < 1.29 is 0 Å². The van der Waals surface area contributed by atoms with Crippen LogP contribution in [0.1, 0.15) is 6.92 Å². The molecule has 4 heteroatoms. The summed E-state index contributed by atoms with van der Waals surface area (Å²) in [5, 5.41) is 3.02. The highest BCUT2D eigenvalue weighted by molar-refractivity contribution is 6.78. The third-order valence-corrected chi connectivity index (χ3v) is 6.04. The van der Waals surface area contributed by atoms with Crippen molar-refractivity contribution >= 4 is 31.3 Å². The molecule has 0 heterocycles. The van der Waals surface area contributed by atoms with Gasteiger partial charge in [0, 0.05) is 0 Å². The van der Waals surface area contributed by atoms with Gasteiger partial charge in [-0.2, -0.15) is 0 Å². The number of hydrogen-bond acceptors (Lipinski definition) is 1. The van der Waals surface area contributed by atoms with Crippen molar-refractivity contribution in [3.63, 3.8) is 0 Å². The third kappa shape index (κ3) is 4.36. The predicted molar refractivity (Wildman–Crippen MR) is 56.3 cm³/mol. The normalized spacial score (nSPS) is 18.0. The van der Waals surface area contributed by atoms with Gasteiger partial charge in [-0.05, 0) is 5.54 Å². The Balaban J connectivity index is 3.91. The summed E-state index contributed by atoms with van der Waals surface area (Å²) in [5.41, 5.74) is 0.571. The van der Waals surface area contributed by atoms with E-state index < -0.39 is 8.07 Å². The van der Waals surface area contributed by atoms with Gasteiger partial charge in [0.2, 0.25) is 0 Å². The van der Waals surface area contributed by atoms with Gasteiger partial charge >= 0.3 is 0 Å². The molecule has 0 spiro atoms. The Morgan fingerprint density at radius 3 is 2.09 bits per heavy atom. The minimum Gasteiger partial charge on any atom is -0.288 e. The highest BCUT2D eigenvalue weighted by atomic mass is 35.5. The zero-order valence-electron chi connectivity index (χ0n) is 7.62. The van der Waals surface area contributed by atoms with Crippen LogP contribution in [0.15, 0.2) is 0 Å². The summed E-state index contributed by atoms with van der Waals surface area (Å²) in [7, 11) is -1.11. The smallest absolute Gasteiger partial charge is 0.0836 e. The minimum absolute atomic E-state index is 0.0270. The van der Waals surface area contributed by atoms with Gasteiger partial charge in [0.25, 0.3) is 0 Å². The number of halogens is 2. The molecule has 11 heavy (non-hydrogen) atoms. The van der Waals surface area contributed by atoms with E-state index in [1.807, 2.05) is 0 Å². The molecule has 2 atom stereocenters. The highest BCUT2D eigenvalue weighted by Gasteiger charge is 2.27. The molecule has 0 saturated carbocycles. The maximum absolute atomic E-state index is 6.06. The van der Waals surface area contributed by atoms with Crippen molar-refractivity contribution in [2.24, 2.45) is 0 Å². The van der Waals surface area contributed by atoms with E-state index in [0.29, 0.717) is 11.5 Å². The minimum atomic E-state index is -1.11. The van der Waals surface area contributed by atoms with Crippen molar-refractivity contribution in [3.8, 4) is 0 Å². The van der Waals surface area contributed by atoms with Crippen LogP contribution >= 0.6 is 23.2 Å². The Kier molecular flexibility index (Phi) is 5.03. The van der Waals surface area contributed by atoms with E-state index in [1.54, 1.807) is 0 Å². The molecule has 0 aromatic heterocycles. The molecule has 0 aromatic rings. The molecule has 0 saturated heterocycles. The van der Waals surface area contributed by atoms with Crippen molar-refractivity contribution in [3.05, 3.63) is 0 Å². The fourth-order valence-electron chi connectivity index (χ4n) is 0.689. The molecule has 68 valence electrons. The average Bonchev–Trinajstić information content (AvgIpc) is 1.85. The lowest BCUT2D eigenvalue weighted by atomic mass is 10.5. The van der Waals surface area contributed by atoms with Gasteiger partial charge in [0.05, 0.1) is 19.6 Å². The number of alkyl halides is 2. The van der Waals surface area contributed by atoms with Crippen LogP contribution in [-0.4, -0.2) is 19.6 Å². The van der Waals surface area contributed by atoms with E-state index in [9.17, 15) is 0 Å². The molecule has 0 rings (SSSR count). The second kappa shape index (κ2) is 4.70. The van der Waals surface area contributed by atoms with Crippen LogP contribution < -0.4 is 5.32 Å². The van der Waals surface area contributed by atoms with Gasteiger partial charge in [-0.1, -0.05) is 26.6 Å². The van der Waals surface area contributed by atoms with E-state index >= 15 is 0 Å². The first-order chi connectivity index (χ1) is 4.89. The Bertz CT molecular complexity index is 113. The number of hydrogen-bond donors (Lipinski definition) is 1. The Hall–Kier alpha value is 0.757. The van der Waals surface area contributed by atoms with Gasteiger partial charge in [0.15, 0.2) is 0 Å². The fourth-order valence-corrected chi connectivity index (χ4v) is 3.14. The Morgan fingerprint density at radius 2 is 1.82 bits per heavy atom. The predicted octanol–water partition coefficient (Wildman–Crippen LogP) is 3.07. The van der Waals surface area contributed by atoms with Crippen molar-refractivity contribution in [2.75, 3.05) is 6.00 Å². The number of rotatable bonds is 4. The molecule has 0 aliphatic carbocycles. The molecule has 0 fully saturated rings. The SMILES string of the molecule is CC([C@H](Cl)NCCl)[Si](C)(C)C. The summed E-state index contributed by atoms with van der Waals surface area (Å²) >= 11 is 11.6. The second-order valence-electron chi connectivity index (χ2n) is 3.89. The van der Waals surface area contributed by atoms with E-state index in [4.69, 9.17) is 23.2 Å². The van der Waals surface area contributed by atoms with Gasteiger partial charge in [-0.15, -0.1) is 23.2 Å². The molecule has 1 N–H and O–H groups in total. The van der Waals surface area contributed by atoms with Crippen LogP contribution in [0.3, 0.4) is 0 Å². The lowest BCUT2D eigenvalue weighted by molar-refractivity contribution is 0.673. The summed E-state index contributed by atoms with van der Waals surface area (Å²) in [5.74, 6) is 0. The third-order valence-electron chi connectivity index (χ3n) is 2.08. The molecular weight excluding hydrogens is 197 g/mol. The molecule has 1 unspecified atom stereocenters. The van der Waals surface area contributed by atoms with E-state index in [1.165, 1.54) is 0 Å². The maximum Gasteiger partial charge on any atom is 0.0836 e. The summed E-state index contributed by atoms with van der Waals surface area (Å²) in [6.07, 6.45) is 0. The van der Waals surface area contributed by atoms with Gasteiger partial charge in [-0.3, -0.25) is 5.32 Å². The first-order valence-electron chi connectivity index (χ1n) is 3.83. The Morgan fingerprint density at radius 1 is 1.36 bits per heavy atom. The summed E-state index contributed by atoms with van der Waals surface area (Å²) in [4.78, 5) is 0. The fraction of sp³-hybridized carbons (Fsp3) is 1.00. The van der Waals surface area contributed by atoms with Crippen molar-refractivity contribution in [2.45, 2.75) is 37.6 Å². The largest absolute Gasteiger partial charge is 0.288 e. The van der Waals surface area contributed by atoms with E-state index in [2.05, 4.69) is 31.9 Å². The molecule has 0 bridgehead atoms. The standard InChI is InChI=1S/C7H17Cl2NSi/c1-6(11(2,3)4)7(9)10-5-8/h6-7,10H,5H2,1-4H3/t6?,7-/m1/s1. The van der Waals surface area contributed by atoms with Crippen LogP contribution in [0.2, 0.25) is 25.2 Å². The van der Waals surface area contributed by atoms with E-state index in [0.717, 1.165) is 0 Å². The molecule has 1 nitrogen and oxygen atoms in total. The van der Waals surface area contributed by atoms with Gasteiger partial charge in [0.1, 0.15) is 0 Å². The molecule has 0 aliphatic heterocycles. The molecule has 0 amide bonds. The van der Waals surface area contributed by atoms with Gasteiger partial charge in [-0.25, -0.2) is 0 Å². The first-order valence-corrected chi connectivity index (χ1v) is 8.38. The zero-order chi connectivity index (χ0) is 9.07. The first kappa shape index (κ1) is 11.8. The second-order valence-corrected chi connectivity index (χ2v) is 10.3. The summed E-state index contributed by atoms with van der Waals surface area (Å²) < 4.78 is 0. The molecule has 0 aromatic carbocycles. The average molecular weight is 214 g/mol. The monoisotopic (exact) mass is 213 g/mol. The molecule has 0 radical (unpaired) electrons. The van der Waals surface area contributed by atoms with E-state index in [-0.39, 0.29) is 5.50 Å². The summed E-state index contributed by atoms with van der Waals surface area (Å²) in [6, 6.07) is 0.434. The quantitative estimate of drug-likeness (QED) is 0.431. The van der Waals surface area contributed by atoms with Crippen LogP contribution in [-0.2, 0) is 0 Å². The zero-order valence-corrected chi connectivity index (χ0v) is 10.1. The highest BCUT2D eigenvalue weighted by Crippen LogP contribution is 2.26. The van der Waals surface area contributed by atoms with Crippen LogP contribution in [0.25, 0.3) is 0 Å². The Labute approximate surface area is 80.5 Å². The van der Waals surface area contributed by atoms with Crippen LogP contribution in [0.5, 0.6) is 0 Å². The van der Waals surface area contributed by atoms with Crippen molar-refractivity contribution in [1.82, 2.24) is 5.32 Å². The molecule has 0 aliphatic rings. The van der Waals surface area contributed by atoms with Crippen molar-refractivity contribution in [1.29, 1.82) is 0 Å². The molecular formula is C7H17Cl2NSi. The topological polar surface area (TPSA) is 12.0 Å². The van der Waals surface area contributed by atoms with Crippen LogP contribution in [0, 0.1) is 0 Å². The lowest BCUT2D eigenvalue weighted by Crippen LogP contribution is -2.38. The maximum atomic E-state index is 6.06. The van der Waals surface area contributed by atoms with Gasteiger partial charge < -0.3 is 0 Å². The lowest BCUT2D eigenvalue weighted by Gasteiger charge is -2.29. The summed E-state index contributed by atoms with van der Waals surface area (Å²) in [6.45, 7) is 9.11. The number of nitrogens with one attached hydrogen (secondary N) is 1. The van der Waals surface area contributed by atoms with Crippen LogP contribution in [0.4, 0.5) is 0 Å².